The first kappa shape index (κ1) is 11.5. The van der Waals surface area contributed by atoms with Crippen molar-refractivity contribution in [2.75, 3.05) is 0 Å². The largest absolute Gasteiger partial charge is 0.392 e. The number of hydrogen-bond donors (Lipinski definition) is 1. The van der Waals surface area contributed by atoms with Gasteiger partial charge in [0.2, 0.25) is 0 Å². The second-order valence-electron chi connectivity index (χ2n) is 3.69. The first-order chi connectivity index (χ1) is 6.65. The lowest BCUT2D eigenvalue weighted by molar-refractivity contribution is 0.278. The molecule has 78 valence electrons. The normalized spacial score (nSPS) is 13.2. The average Bonchev–Trinajstić information content (AvgIpc) is 2.18. The van der Waals surface area contributed by atoms with Gasteiger partial charge in [-0.25, -0.2) is 4.98 Å². The van der Waals surface area contributed by atoms with E-state index in [1.807, 2.05) is 12.1 Å². The Hall–Kier alpha value is -0.540. The molecule has 0 aliphatic carbocycles. The molecule has 0 aliphatic heterocycles. The number of aromatic nitrogens is 1. The molecule has 0 amide bonds. The molecule has 2 nitrogen and oxygen atoms in total. The van der Waals surface area contributed by atoms with Crippen molar-refractivity contribution in [3.05, 3.63) is 23.9 Å². The van der Waals surface area contributed by atoms with Crippen LogP contribution in [0.25, 0.3) is 0 Å². The van der Waals surface area contributed by atoms with Crippen molar-refractivity contribution >= 4 is 11.8 Å². The lowest BCUT2D eigenvalue weighted by atomic mass is 10.2. The SMILES string of the molecule is CC(C)C(C)Sc1ncccc1CO. The quantitative estimate of drug-likeness (QED) is 0.777. The van der Waals surface area contributed by atoms with Crippen molar-refractivity contribution in [2.45, 2.75) is 37.7 Å². The van der Waals surface area contributed by atoms with E-state index >= 15 is 0 Å². The van der Waals surface area contributed by atoms with E-state index in [1.54, 1.807) is 18.0 Å². The van der Waals surface area contributed by atoms with Crippen LogP contribution in [0, 0.1) is 5.92 Å². The molecular weight excluding hydrogens is 194 g/mol. The van der Waals surface area contributed by atoms with Crippen LogP contribution >= 0.6 is 11.8 Å². The van der Waals surface area contributed by atoms with E-state index in [0.29, 0.717) is 11.2 Å². The van der Waals surface area contributed by atoms with Crippen LogP contribution in [0.15, 0.2) is 23.4 Å². The van der Waals surface area contributed by atoms with Crippen molar-refractivity contribution < 1.29 is 5.11 Å². The molecule has 0 aromatic carbocycles. The van der Waals surface area contributed by atoms with E-state index in [4.69, 9.17) is 5.11 Å². The summed E-state index contributed by atoms with van der Waals surface area (Å²) in [6.45, 7) is 6.64. The molecule has 1 aromatic heterocycles. The van der Waals surface area contributed by atoms with Crippen LogP contribution in [0.1, 0.15) is 26.3 Å². The van der Waals surface area contributed by atoms with Crippen LogP contribution in [0.2, 0.25) is 0 Å². The first-order valence-corrected chi connectivity index (χ1v) is 5.74. The van der Waals surface area contributed by atoms with Gasteiger partial charge in [0, 0.05) is 17.0 Å². The monoisotopic (exact) mass is 211 g/mol. The molecular formula is C11H17NOS. The van der Waals surface area contributed by atoms with Gasteiger partial charge in [0.1, 0.15) is 5.03 Å². The van der Waals surface area contributed by atoms with Crippen molar-refractivity contribution in [3.8, 4) is 0 Å². The molecule has 0 saturated heterocycles. The van der Waals surface area contributed by atoms with Gasteiger partial charge in [-0.2, -0.15) is 0 Å². The number of aliphatic hydroxyl groups excluding tert-OH is 1. The summed E-state index contributed by atoms with van der Waals surface area (Å²) in [4.78, 5) is 4.27. The predicted octanol–water partition coefficient (Wildman–Crippen LogP) is 2.71. The number of hydrogen-bond acceptors (Lipinski definition) is 3. The zero-order chi connectivity index (χ0) is 10.6. The Morgan fingerprint density at radius 1 is 1.43 bits per heavy atom. The van der Waals surface area contributed by atoms with Gasteiger partial charge >= 0.3 is 0 Å². The lowest BCUT2D eigenvalue weighted by Gasteiger charge is -2.15. The molecule has 1 unspecified atom stereocenters. The second-order valence-corrected chi connectivity index (χ2v) is 5.06. The molecule has 1 heterocycles. The van der Waals surface area contributed by atoms with Gasteiger partial charge in [-0.15, -0.1) is 11.8 Å². The highest BCUT2D eigenvalue weighted by atomic mass is 32.2. The van der Waals surface area contributed by atoms with Gasteiger partial charge in [-0.3, -0.25) is 0 Å². The van der Waals surface area contributed by atoms with Gasteiger partial charge in [0.25, 0.3) is 0 Å². The molecule has 3 heteroatoms. The minimum absolute atomic E-state index is 0.0704. The Bertz CT molecular complexity index is 288. The maximum atomic E-state index is 9.12. The van der Waals surface area contributed by atoms with Gasteiger partial charge in [0.05, 0.1) is 6.61 Å². The summed E-state index contributed by atoms with van der Waals surface area (Å²) in [6.07, 6.45) is 1.77. The standard InChI is InChI=1S/C11H17NOS/c1-8(2)9(3)14-11-10(7-13)5-4-6-12-11/h4-6,8-9,13H,7H2,1-3H3. The molecule has 0 fully saturated rings. The Kier molecular flexibility index (Phi) is 4.42. The molecule has 14 heavy (non-hydrogen) atoms. The van der Waals surface area contributed by atoms with Crippen LogP contribution in [-0.2, 0) is 6.61 Å². The van der Waals surface area contributed by atoms with E-state index in [0.717, 1.165) is 10.6 Å². The highest BCUT2D eigenvalue weighted by Gasteiger charge is 2.11. The van der Waals surface area contributed by atoms with Crippen LogP contribution in [0.5, 0.6) is 0 Å². The predicted molar refractivity (Wildman–Crippen MR) is 60.3 cm³/mol. The number of pyridine rings is 1. The summed E-state index contributed by atoms with van der Waals surface area (Å²) in [5, 5.41) is 10.6. The fraction of sp³-hybridized carbons (Fsp3) is 0.545. The molecule has 0 bridgehead atoms. The summed E-state index contributed by atoms with van der Waals surface area (Å²) >= 11 is 1.73. The summed E-state index contributed by atoms with van der Waals surface area (Å²) in [5.41, 5.74) is 0.921. The summed E-state index contributed by atoms with van der Waals surface area (Å²) < 4.78 is 0. The maximum Gasteiger partial charge on any atom is 0.102 e. The summed E-state index contributed by atoms with van der Waals surface area (Å²) in [6, 6.07) is 3.78. The number of nitrogens with zero attached hydrogens (tertiary/aromatic N) is 1. The fourth-order valence-corrected chi connectivity index (χ4v) is 1.99. The average molecular weight is 211 g/mol. The smallest absolute Gasteiger partial charge is 0.102 e. The zero-order valence-electron chi connectivity index (χ0n) is 8.90. The van der Waals surface area contributed by atoms with Crippen LogP contribution in [0.4, 0.5) is 0 Å². The van der Waals surface area contributed by atoms with Gasteiger partial charge in [-0.1, -0.05) is 26.8 Å². The third-order valence-electron chi connectivity index (χ3n) is 2.26. The van der Waals surface area contributed by atoms with Crippen molar-refractivity contribution in [2.24, 2.45) is 5.92 Å². The fourth-order valence-electron chi connectivity index (χ4n) is 0.963. The Labute approximate surface area is 89.8 Å². The molecule has 0 spiro atoms. The molecule has 1 atom stereocenters. The molecule has 1 aromatic rings. The molecule has 1 N–H and O–H groups in total. The first-order valence-electron chi connectivity index (χ1n) is 4.86. The van der Waals surface area contributed by atoms with Crippen molar-refractivity contribution in [1.29, 1.82) is 0 Å². The Morgan fingerprint density at radius 3 is 2.71 bits per heavy atom. The van der Waals surface area contributed by atoms with E-state index in [9.17, 15) is 0 Å². The van der Waals surface area contributed by atoms with E-state index in [2.05, 4.69) is 25.8 Å². The highest BCUT2D eigenvalue weighted by Crippen LogP contribution is 2.28. The topological polar surface area (TPSA) is 33.1 Å². The number of aliphatic hydroxyl groups is 1. The van der Waals surface area contributed by atoms with Crippen molar-refractivity contribution in [3.63, 3.8) is 0 Å². The highest BCUT2D eigenvalue weighted by molar-refractivity contribution is 7.99. The van der Waals surface area contributed by atoms with Gasteiger partial charge in [0.15, 0.2) is 0 Å². The minimum Gasteiger partial charge on any atom is -0.392 e. The van der Waals surface area contributed by atoms with Crippen LogP contribution in [-0.4, -0.2) is 15.3 Å². The van der Waals surface area contributed by atoms with Gasteiger partial charge < -0.3 is 5.11 Å². The van der Waals surface area contributed by atoms with Crippen LogP contribution in [0.3, 0.4) is 0 Å². The van der Waals surface area contributed by atoms with E-state index < -0.39 is 0 Å². The lowest BCUT2D eigenvalue weighted by Crippen LogP contribution is -2.06. The molecule has 1 rings (SSSR count). The van der Waals surface area contributed by atoms with Crippen molar-refractivity contribution in [1.82, 2.24) is 4.98 Å². The molecule has 0 radical (unpaired) electrons. The van der Waals surface area contributed by atoms with E-state index in [1.165, 1.54) is 0 Å². The molecule has 0 saturated carbocycles. The zero-order valence-corrected chi connectivity index (χ0v) is 9.71. The maximum absolute atomic E-state index is 9.12. The third-order valence-corrected chi connectivity index (χ3v) is 3.76. The molecule has 0 aliphatic rings. The minimum atomic E-state index is 0.0704. The Morgan fingerprint density at radius 2 is 2.14 bits per heavy atom. The second kappa shape index (κ2) is 5.37. The van der Waals surface area contributed by atoms with Gasteiger partial charge in [-0.05, 0) is 12.0 Å². The van der Waals surface area contributed by atoms with Crippen LogP contribution < -0.4 is 0 Å². The Balaban J connectivity index is 2.75. The third kappa shape index (κ3) is 3.00. The van der Waals surface area contributed by atoms with E-state index in [-0.39, 0.29) is 6.61 Å². The number of thioether (sulfide) groups is 1. The summed E-state index contributed by atoms with van der Waals surface area (Å²) in [7, 11) is 0. The number of rotatable bonds is 4. The summed E-state index contributed by atoms with van der Waals surface area (Å²) in [5.74, 6) is 0.619.